The second kappa shape index (κ2) is 13.7. The van der Waals surface area contributed by atoms with Gasteiger partial charge in [-0.15, -0.1) is 28.5 Å². The van der Waals surface area contributed by atoms with E-state index in [-0.39, 0.29) is 48.9 Å². The molecule has 4 rings (SSSR count). The Morgan fingerprint density at radius 3 is 2.50 bits per heavy atom. The normalized spacial score (nSPS) is 12.5. The lowest BCUT2D eigenvalue weighted by molar-refractivity contribution is -0.274. The van der Waals surface area contributed by atoms with Gasteiger partial charge in [-0.2, -0.15) is 13.2 Å². The van der Waals surface area contributed by atoms with E-state index in [1.807, 2.05) is 0 Å². The first-order chi connectivity index (χ1) is 20.7. The van der Waals surface area contributed by atoms with Gasteiger partial charge in [0.05, 0.1) is 30.5 Å². The van der Waals surface area contributed by atoms with Crippen LogP contribution in [0.25, 0.3) is 0 Å². The zero-order valence-corrected chi connectivity index (χ0v) is 23.0. The lowest BCUT2D eigenvalue weighted by Gasteiger charge is -2.10. The fourth-order valence-corrected chi connectivity index (χ4v) is 4.41. The smallest absolute Gasteiger partial charge is 0.406 e. The van der Waals surface area contributed by atoms with E-state index in [4.69, 9.17) is 0 Å². The molecule has 234 valence electrons. The molecule has 0 saturated carbocycles. The van der Waals surface area contributed by atoms with Gasteiger partial charge in [-0.3, -0.25) is 14.6 Å². The summed E-state index contributed by atoms with van der Waals surface area (Å²) in [5.74, 6) is -1.79. The highest BCUT2D eigenvalue weighted by Gasteiger charge is 2.31. The van der Waals surface area contributed by atoms with Gasteiger partial charge < -0.3 is 15.4 Å². The second-order valence-electron chi connectivity index (χ2n) is 9.06. The molecule has 1 atom stereocenters. The van der Waals surface area contributed by atoms with Crippen molar-refractivity contribution in [3.8, 4) is 5.75 Å². The maximum Gasteiger partial charge on any atom is 0.573 e. The van der Waals surface area contributed by atoms with E-state index in [1.165, 1.54) is 18.3 Å². The van der Waals surface area contributed by atoms with Crippen molar-refractivity contribution in [3.63, 3.8) is 0 Å². The van der Waals surface area contributed by atoms with E-state index in [1.54, 1.807) is 0 Å². The number of amides is 2. The Hall–Kier alpha value is -4.68. The van der Waals surface area contributed by atoms with Crippen LogP contribution in [0.2, 0.25) is 0 Å². The Balaban J connectivity index is 1.21. The summed E-state index contributed by atoms with van der Waals surface area (Å²) in [4.78, 5) is 28.5. The number of hydrogen-bond acceptors (Lipinski definition) is 9. The van der Waals surface area contributed by atoms with Crippen molar-refractivity contribution < 1.29 is 45.1 Å². The molecular formula is C25H21F7N8O3S. The van der Waals surface area contributed by atoms with Crippen LogP contribution in [-0.2, 0) is 32.2 Å². The summed E-state index contributed by atoms with van der Waals surface area (Å²) < 4.78 is 95.2. The molecule has 0 spiro atoms. The Kier molecular flexibility index (Phi) is 10.1. The minimum absolute atomic E-state index is 0.0218. The maximum absolute atomic E-state index is 14.6. The van der Waals surface area contributed by atoms with Crippen molar-refractivity contribution in [1.82, 2.24) is 40.8 Å². The minimum atomic E-state index is -4.85. The molecule has 4 aromatic rings. The topological polar surface area (TPSA) is 137 Å². The number of nitrogens with zero attached hydrogens (tertiary/aromatic N) is 6. The lowest BCUT2D eigenvalue weighted by atomic mass is 10.2. The summed E-state index contributed by atoms with van der Waals surface area (Å²) in [5, 5.41) is 20.2. The van der Waals surface area contributed by atoms with Gasteiger partial charge in [-0.25, -0.2) is 9.07 Å². The van der Waals surface area contributed by atoms with E-state index in [0.29, 0.717) is 10.6 Å². The van der Waals surface area contributed by atoms with Crippen LogP contribution in [0.1, 0.15) is 48.5 Å². The van der Waals surface area contributed by atoms with E-state index in [2.05, 4.69) is 40.9 Å². The summed E-state index contributed by atoms with van der Waals surface area (Å²) in [6.07, 6.45) is -8.62. The highest BCUT2D eigenvalue weighted by Crippen LogP contribution is 2.29. The lowest BCUT2D eigenvalue weighted by Crippen LogP contribution is -2.24. The molecule has 1 unspecified atom stereocenters. The van der Waals surface area contributed by atoms with E-state index in [0.717, 1.165) is 46.5 Å². The zero-order valence-electron chi connectivity index (χ0n) is 22.2. The molecule has 0 fully saturated rings. The largest absolute Gasteiger partial charge is 0.573 e. The van der Waals surface area contributed by atoms with Crippen molar-refractivity contribution in [2.45, 2.75) is 51.2 Å². The number of hydrogen-bond donors (Lipinski definition) is 2. The average Bonchev–Trinajstić information content (AvgIpc) is 3.63. The highest BCUT2D eigenvalue weighted by molar-refractivity contribution is 7.13. The molecular weight excluding hydrogens is 625 g/mol. The SMILES string of the molecule is O=C(NCc1cc(C(F)(F)F)ccn1)c1cn(CC(F)CCc2nnc(C(=O)NCc3cccc(OC(F)(F)F)c3)s2)nn1. The van der Waals surface area contributed by atoms with Crippen molar-refractivity contribution >= 4 is 23.2 Å². The van der Waals surface area contributed by atoms with Crippen LogP contribution in [0.5, 0.6) is 5.75 Å². The Bertz CT molecular complexity index is 1590. The molecule has 2 amide bonds. The predicted molar refractivity (Wildman–Crippen MR) is 138 cm³/mol. The number of aromatic nitrogens is 6. The number of benzene rings is 1. The van der Waals surface area contributed by atoms with Crippen LogP contribution in [0.3, 0.4) is 0 Å². The minimum Gasteiger partial charge on any atom is -0.406 e. The predicted octanol–water partition coefficient (Wildman–Crippen LogP) is 4.27. The molecule has 0 aliphatic rings. The Labute approximate surface area is 247 Å². The molecule has 0 aliphatic heterocycles. The first-order valence-corrected chi connectivity index (χ1v) is 13.4. The number of rotatable bonds is 12. The Morgan fingerprint density at radius 2 is 1.75 bits per heavy atom. The summed E-state index contributed by atoms with van der Waals surface area (Å²) in [6, 6.07) is 6.70. The van der Waals surface area contributed by atoms with Crippen LogP contribution >= 0.6 is 11.3 Å². The summed E-state index contributed by atoms with van der Waals surface area (Å²) in [7, 11) is 0. The molecule has 44 heavy (non-hydrogen) atoms. The third kappa shape index (κ3) is 9.68. The van der Waals surface area contributed by atoms with E-state index in [9.17, 15) is 40.3 Å². The van der Waals surface area contributed by atoms with Crippen molar-refractivity contribution in [1.29, 1.82) is 0 Å². The fraction of sp³-hybridized carbons (Fsp3) is 0.320. The quantitative estimate of drug-likeness (QED) is 0.218. The standard InChI is InChI=1S/C25H21F7N8O3S/c26-16(12-40-13-19(36-39-40)21(41)35-11-17-9-15(6-7-33-17)24(27,28)29)4-5-20-37-38-23(44-20)22(42)34-10-14-2-1-3-18(8-14)43-25(30,31)32/h1-3,6-9,13,16H,4-5,10-12H2,(H,34,42)(H,35,41). The summed E-state index contributed by atoms with van der Waals surface area (Å²) >= 11 is 0.920. The van der Waals surface area contributed by atoms with Gasteiger partial charge in [0.15, 0.2) is 5.69 Å². The number of carbonyl (C=O) groups is 2. The first-order valence-electron chi connectivity index (χ1n) is 12.5. The number of nitrogens with one attached hydrogen (secondary N) is 2. The zero-order chi connectivity index (χ0) is 31.9. The fourth-order valence-electron chi connectivity index (χ4n) is 3.64. The maximum atomic E-state index is 14.6. The number of alkyl halides is 7. The average molecular weight is 647 g/mol. The third-order valence-corrected chi connectivity index (χ3v) is 6.63. The molecule has 0 bridgehead atoms. The molecule has 0 radical (unpaired) electrons. The Morgan fingerprint density at radius 1 is 0.977 bits per heavy atom. The summed E-state index contributed by atoms with van der Waals surface area (Å²) in [5.41, 5.74) is -0.755. The number of pyridine rings is 1. The number of ether oxygens (including phenoxy) is 1. The molecule has 1 aromatic carbocycles. The highest BCUT2D eigenvalue weighted by atomic mass is 32.1. The van der Waals surface area contributed by atoms with Gasteiger partial charge in [0, 0.05) is 19.2 Å². The van der Waals surface area contributed by atoms with Crippen molar-refractivity contribution in [2.75, 3.05) is 0 Å². The molecule has 2 N–H and O–H groups in total. The number of halogens is 7. The van der Waals surface area contributed by atoms with Crippen molar-refractivity contribution in [2.24, 2.45) is 0 Å². The molecule has 0 aliphatic carbocycles. The first kappa shape index (κ1) is 32.2. The van der Waals surface area contributed by atoms with Crippen LogP contribution in [0.4, 0.5) is 30.7 Å². The van der Waals surface area contributed by atoms with Gasteiger partial charge in [-0.1, -0.05) is 28.7 Å². The van der Waals surface area contributed by atoms with Gasteiger partial charge in [0.25, 0.3) is 11.8 Å². The van der Waals surface area contributed by atoms with Gasteiger partial charge in [-0.05, 0) is 36.2 Å². The molecule has 11 nitrogen and oxygen atoms in total. The van der Waals surface area contributed by atoms with Crippen LogP contribution in [0, 0.1) is 0 Å². The van der Waals surface area contributed by atoms with Crippen LogP contribution in [-0.4, -0.2) is 54.5 Å². The van der Waals surface area contributed by atoms with Gasteiger partial charge in [0.1, 0.15) is 16.9 Å². The molecule has 3 aromatic heterocycles. The van der Waals surface area contributed by atoms with E-state index >= 15 is 0 Å². The third-order valence-electron chi connectivity index (χ3n) is 5.65. The molecule has 3 heterocycles. The summed E-state index contributed by atoms with van der Waals surface area (Å²) in [6.45, 7) is -0.665. The van der Waals surface area contributed by atoms with Crippen LogP contribution < -0.4 is 15.4 Å². The van der Waals surface area contributed by atoms with E-state index < -0.39 is 41.8 Å². The van der Waals surface area contributed by atoms with Crippen LogP contribution in [0.15, 0.2) is 48.8 Å². The van der Waals surface area contributed by atoms with Gasteiger partial charge >= 0.3 is 12.5 Å². The monoisotopic (exact) mass is 646 g/mol. The van der Waals surface area contributed by atoms with Crippen molar-refractivity contribution in [3.05, 3.63) is 81.3 Å². The molecule has 19 heteroatoms. The number of carbonyl (C=O) groups excluding carboxylic acids is 2. The van der Waals surface area contributed by atoms with Gasteiger partial charge in [0.2, 0.25) is 5.01 Å². The number of aryl methyl sites for hydroxylation is 1. The molecule has 0 saturated heterocycles. The second-order valence-corrected chi connectivity index (χ2v) is 10.1.